The zero-order chi connectivity index (χ0) is 12.5. The molecule has 1 aromatic rings. The second-order valence-electron chi connectivity index (χ2n) is 3.81. The van der Waals surface area contributed by atoms with Crippen molar-refractivity contribution in [2.45, 2.75) is 25.4 Å². The third kappa shape index (κ3) is 5.46. The van der Waals surface area contributed by atoms with Gasteiger partial charge in [0.15, 0.2) is 0 Å². The lowest BCUT2D eigenvalue weighted by Crippen LogP contribution is -2.40. The minimum absolute atomic E-state index is 0.191. The Bertz CT molecular complexity index is 314. The number of nitrogens with zero attached hydrogens (tertiary/aromatic N) is 2. The topological polar surface area (TPSA) is 76.4 Å². The van der Waals surface area contributed by atoms with Gasteiger partial charge in [0.25, 0.3) is 0 Å². The number of rotatable bonds is 9. The van der Waals surface area contributed by atoms with Gasteiger partial charge in [-0.15, -0.1) is 0 Å². The van der Waals surface area contributed by atoms with E-state index in [0.717, 1.165) is 19.4 Å². The molecule has 0 saturated carbocycles. The van der Waals surface area contributed by atoms with E-state index in [1.807, 2.05) is 10.8 Å². The van der Waals surface area contributed by atoms with Crippen LogP contribution >= 0.6 is 0 Å². The fraction of sp³-hybridized carbons (Fsp3) is 0.636. The Hall–Kier alpha value is -1.40. The van der Waals surface area contributed by atoms with E-state index in [4.69, 9.17) is 9.84 Å². The first-order valence-electron chi connectivity index (χ1n) is 5.65. The molecule has 1 heterocycles. The number of unbranched alkanes of at least 4 members (excludes halogenated alkanes) is 1. The van der Waals surface area contributed by atoms with Gasteiger partial charge in [0.1, 0.15) is 6.04 Å². The third-order valence-electron chi connectivity index (χ3n) is 2.42. The average molecular weight is 241 g/mol. The van der Waals surface area contributed by atoms with Crippen molar-refractivity contribution in [3.05, 3.63) is 18.7 Å². The summed E-state index contributed by atoms with van der Waals surface area (Å²) in [6, 6.07) is -0.617. The summed E-state index contributed by atoms with van der Waals surface area (Å²) >= 11 is 0. The number of carboxylic acids is 1. The fourth-order valence-corrected chi connectivity index (χ4v) is 1.50. The summed E-state index contributed by atoms with van der Waals surface area (Å²) in [7, 11) is 1.50. The molecule has 0 aliphatic rings. The number of ether oxygens (including phenoxy) is 1. The predicted molar refractivity (Wildman–Crippen MR) is 62.8 cm³/mol. The highest BCUT2D eigenvalue weighted by atomic mass is 16.5. The number of hydrogen-bond acceptors (Lipinski definition) is 4. The van der Waals surface area contributed by atoms with Gasteiger partial charge in [-0.3, -0.25) is 4.79 Å². The van der Waals surface area contributed by atoms with Crippen LogP contribution < -0.4 is 5.32 Å². The van der Waals surface area contributed by atoms with Crippen molar-refractivity contribution < 1.29 is 14.6 Å². The van der Waals surface area contributed by atoms with Crippen molar-refractivity contribution in [3.63, 3.8) is 0 Å². The van der Waals surface area contributed by atoms with Crippen LogP contribution in [0.4, 0.5) is 0 Å². The van der Waals surface area contributed by atoms with Gasteiger partial charge < -0.3 is 19.7 Å². The monoisotopic (exact) mass is 241 g/mol. The van der Waals surface area contributed by atoms with E-state index in [1.54, 1.807) is 12.5 Å². The van der Waals surface area contributed by atoms with Crippen molar-refractivity contribution in [3.8, 4) is 0 Å². The smallest absolute Gasteiger partial charge is 0.323 e. The number of aryl methyl sites for hydroxylation is 1. The van der Waals surface area contributed by atoms with E-state index in [0.29, 0.717) is 6.54 Å². The number of imidazole rings is 1. The van der Waals surface area contributed by atoms with Crippen LogP contribution in [-0.4, -0.2) is 46.9 Å². The molecule has 0 aromatic carbocycles. The molecule has 6 heteroatoms. The zero-order valence-electron chi connectivity index (χ0n) is 10.0. The summed E-state index contributed by atoms with van der Waals surface area (Å²) in [6.45, 7) is 1.77. The van der Waals surface area contributed by atoms with Gasteiger partial charge in [0.05, 0.1) is 12.9 Å². The van der Waals surface area contributed by atoms with Gasteiger partial charge >= 0.3 is 5.97 Å². The molecule has 2 N–H and O–H groups in total. The molecule has 0 amide bonds. The molecular weight excluding hydrogens is 222 g/mol. The molecule has 1 rings (SSSR count). The SMILES string of the molecule is COCC(NCCCCn1ccnc1)C(=O)O. The summed E-state index contributed by atoms with van der Waals surface area (Å²) in [5.41, 5.74) is 0. The highest BCUT2D eigenvalue weighted by Gasteiger charge is 2.15. The molecule has 1 unspecified atom stereocenters. The Labute approximate surface area is 101 Å². The maximum atomic E-state index is 10.8. The Morgan fingerprint density at radius 1 is 1.59 bits per heavy atom. The molecule has 0 aliphatic carbocycles. The molecule has 0 fully saturated rings. The summed E-state index contributed by atoms with van der Waals surface area (Å²) in [5, 5.41) is 11.8. The van der Waals surface area contributed by atoms with Crippen molar-refractivity contribution in [1.82, 2.24) is 14.9 Å². The molecule has 6 nitrogen and oxygen atoms in total. The van der Waals surface area contributed by atoms with Crippen molar-refractivity contribution in [1.29, 1.82) is 0 Å². The van der Waals surface area contributed by atoms with Gasteiger partial charge in [0.2, 0.25) is 0 Å². The largest absolute Gasteiger partial charge is 0.480 e. The number of methoxy groups -OCH3 is 1. The van der Waals surface area contributed by atoms with Crippen LogP contribution in [0.15, 0.2) is 18.7 Å². The number of carboxylic acid groups (broad SMARTS) is 1. The molecule has 0 radical (unpaired) electrons. The van der Waals surface area contributed by atoms with Gasteiger partial charge in [-0.1, -0.05) is 0 Å². The Morgan fingerprint density at radius 3 is 3.00 bits per heavy atom. The Balaban J connectivity index is 2.08. The highest BCUT2D eigenvalue weighted by molar-refractivity contribution is 5.73. The zero-order valence-corrected chi connectivity index (χ0v) is 10.0. The summed E-state index contributed by atoms with van der Waals surface area (Å²) < 4.78 is 6.83. The van der Waals surface area contributed by atoms with Crippen molar-refractivity contribution in [2.75, 3.05) is 20.3 Å². The number of aliphatic carboxylic acids is 1. The van der Waals surface area contributed by atoms with E-state index in [2.05, 4.69) is 10.3 Å². The number of hydrogen-bond donors (Lipinski definition) is 2. The molecule has 17 heavy (non-hydrogen) atoms. The Kier molecular flexibility index (Phi) is 6.27. The molecule has 1 atom stereocenters. The van der Waals surface area contributed by atoms with Crippen LogP contribution in [0.25, 0.3) is 0 Å². The minimum atomic E-state index is -0.874. The number of nitrogens with one attached hydrogen (secondary N) is 1. The van der Waals surface area contributed by atoms with Crippen LogP contribution in [0.2, 0.25) is 0 Å². The van der Waals surface area contributed by atoms with Crippen LogP contribution in [-0.2, 0) is 16.1 Å². The molecular formula is C11H19N3O3. The molecule has 0 spiro atoms. The van der Waals surface area contributed by atoms with Crippen molar-refractivity contribution >= 4 is 5.97 Å². The Morgan fingerprint density at radius 2 is 2.41 bits per heavy atom. The first-order valence-corrected chi connectivity index (χ1v) is 5.65. The lowest BCUT2D eigenvalue weighted by atomic mass is 10.2. The molecule has 1 aromatic heterocycles. The minimum Gasteiger partial charge on any atom is -0.480 e. The average Bonchev–Trinajstić information content (AvgIpc) is 2.80. The van der Waals surface area contributed by atoms with Crippen LogP contribution in [0.5, 0.6) is 0 Å². The summed E-state index contributed by atoms with van der Waals surface area (Å²) in [4.78, 5) is 14.7. The maximum Gasteiger partial charge on any atom is 0.323 e. The number of carbonyl (C=O) groups is 1. The van der Waals surface area contributed by atoms with E-state index < -0.39 is 12.0 Å². The molecule has 0 saturated heterocycles. The second-order valence-corrected chi connectivity index (χ2v) is 3.81. The molecule has 0 bridgehead atoms. The van der Waals surface area contributed by atoms with Crippen molar-refractivity contribution in [2.24, 2.45) is 0 Å². The molecule has 0 aliphatic heterocycles. The van der Waals surface area contributed by atoms with Gasteiger partial charge in [-0.25, -0.2) is 4.98 Å². The second kappa shape index (κ2) is 7.81. The first-order chi connectivity index (χ1) is 8.24. The van der Waals surface area contributed by atoms with Gasteiger partial charge in [-0.05, 0) is 19.4 Å². The van der Waals surface area contributed by atoms with Crippen LogP contribution in [0, 0.1) is 0 Å². The van der Waals surface area contributed by atoms with Crippen LogP contribution in [0.1, 0.15) is 12.8 Å². The van der Waals surface area contributed by atoms with Gasteiger partial charge in [0, 0.05) is 26.0 Å². The van der Waals surface area contributed by atoms with E-state index in [-0.39, 0.29) is 6.61 Å². The first kappa shape index (κ1) is 13.7. The summed E-state index contributed by atoms with van der Waals surface area (Å²) in [6.07, 6.45) is 7.35. The lowest BCUT2D eigenvalue weighted by molar-refractivity contribution is -0.140. The highest BCUT2D eigenvalue weighted by Crippen LogP contribution is 1.95. The van der Waals surface area contributed by atoms with E-state index >= 15 is 0 Å². The van der Waals surface area contributed by atoms with Crippen LogP contribution in [0.3, 0.4) is 0 Å². The quantitative estimate of drug-likeness (QED) is 0.610. The maximum absolute atomic E-state index is 10.8. The number of aromatic nitrogens is 2. The molecule has 96 valence electrons. The normalized spacial score (nSPS) is 12.5. The van der Waals surface area contributed by atoms with Gasteiger partial charge in [-0.2, -0.15) is 0 Å². The summed E-state index contributed by atoms with van der Waals surface area (Å²) in [5.74, 6) is -0.874. The third-order valence-corrected chi connectivity index (χ3v) is 2.42. The lowest BCUT2D eigenvalue weighted by Gasteiger charge is -2.13. The fourth-order valence-electron chi connectivity index (χ4n) is 1.50. The van der Waals surface area contributed by atoms with E-state index in [1.165, 1.54) is 7.11 Å². The van der Waals surface area contributed by atoms with E-state index in [9.17, 15) is 4.79 Å². The standard InChI is InChI=1S/C11H19N3O3/c1-17-8-10(11(15)16)13-4-2-3-6-14-7-5-12-9-14/h5,7,9-10,13H,2-4,6,8H2,1H3,(H,15,16). The predicted octanol–water partition coefficient (Wildman–Crippen LogP) is 0.352.